The number of aryl methyl sites for hydroxylation is 2. The number of fused-ring (bicyclic) bond motifs is 2. The first-order valence-corrected chi connectivity index (χ1v) is 16.2. The summed E-state index contributed by atoms with van der Waals surface area (Å²) in [6.07, 6.45) is 2.77. The number of methoxy groups -OCH3 is 1. The van der Waals surface area contributed by atoms with Crippen molar-refractivity contribution in [2.45, 2.75) is 32.9 Å². The summed E-state index contributed by atoms with van der Waals surface area (Å²) in [6, 6.07) is 11.6. The van der Waals surface area contributed by atoms with Crippen LogP contribution in [0.5, 0.6) is 11.5 Å². The Labute approximate surface area is 259 Å². The fourth-order valence-corrected chi connectivity index (χ4v) is 7.61. The number of hydrogen-bond donors (Lipinski definition) is 0. The highest BCUT2D eigenvalue weighted by atomic mass is 32.1. The van der Waals surface area contributed by atoms with Crippen LogP contribution in [-0.2, 0) is 11.3 Å². The molecule has 5 heterocycles. The molecule has 10 nitrogen and oxygen atoms in total. The molecule has 1 aliphatic rings. The Morgan fingerprint density at radius 1 is 1.09 bits per heavy atom. The van der Waals surface area contributed by atoms with Gasteiger partial charge in [0.25, 0.3) is 5.91 Å². The smallest absolute Gasteiger partial charge is 0.253 e. The number of amides is 1. The van der Waals surface area contributed by atoms with Gasteiger partial charge in [-0.05, 0) is 32.4 Å². The third-order valence-corrected chi connectivity index (χ3v) is 10.4. The van der Waals surface area contributed by atoms with E-state index in [1.807, 2.05) is 63.5 Å². The highest BCUT2D eigenvalue weighted by molar-refractivity contribution is 7.22. The maximum atomic E-state index is 12.9. The average Bonchev–Trinajstić information content (AvgIpc) is 3.84. The van der Waals surface area contributed by atoms with Crippen LogP contribution in [0.4, 0.5) is 0 Å². The number of benzene rings is 2. The van der Waals surface area contributed by atoms with E-state index in [9.17, 15) is 4.79 Å². The maximum absolute atomic E-state index is 12.9. The van der Waals surface area contributed by atoms with Crippen LogP contribution in [0, 0.1) is 13.8 Å². The van der Waals surface area contributed by atoms with Crippen LogP contribution in [0.1, 0.15) is 32.4 Å². The highest BCUT2D eigenvalue weighted by Gasteiger charge is 2.25. The van der Waals surface area contributed by atoms with Crippen molar-refractivity contribution >= 4 is 55.1 Å². The molecule has 1 atom stereocenters. The quantitative estimate of drug-likeness (QED) is 0.194. The number of rotatable bonds is 8. The Balaban J connectivity index is 1.10. The van der Waals surface area contributed by atoms with Crippen LogP contribution < -0.4 is 9.47 Å². The van der Waals surface area contributed by atoms with Gasteiger partial charge in [-0.25, -0.2) is 19.5 Å². The standard InChI is InChI=1S/C30H28N6O4S3/c1-16-24(32-27(41-16)18-5-7-19(8-6-18)29(37)35(3)20-9-10-39-14-20)15-40-25-12-21(38-4)11-22-26(25)43-28(31-22)23-13-36-30(33-23)42-17(2)34-36/h5-8,11-13,20H,9-10,14-15H2,1-4H3. The highest BCUT2D eigenvalue weighted by Crippen LogP contribution is 2.39. The van der Waals surface area contributed by atoms with Crippen LogP contribution in [0.2, 0.25) is 0 Å². The summed E-state index contributed by atoms with van der Waals surface area (Å²) >= 11 is 4.68. The number of thiazole rings is 2. The number of carbonyl (C=O) groups excluding carboxylic acids is 1. The lowest BCUT2D eigenvalue weighted by Crippen LogP contribution is -2.37. The lowest BCUT2D eigenvalue weighted by atomic mass is 10.1. The Morgan fingerprint density at radius 2 is 1.93 bits per heavy atom. The van der Waals surface area contributed by atoms with Gasteiger partial charge in [0, 0.05) is 41.8 Å². The third kappa shape index (κ3) is 5.37. The third-order valence-electron chi connectivity index (χ3n) is 7.44. The first kappa shape index (κ1) is 27.9. The number of likely N-dealkylation sites (N-methyl/N-ethyl adjacent to an activating group) is 1. The zero-order chi connectivity index (χ0) is 29.7. The summed E-state index contributed by atoms with van der Waals surface area (Å²) in [6.45, 7) is 5.60. The number of aromatic nitrogens is 5. The van der Waals surface area contributed by atoms with Crippen molar-refractivity contribution in [2.24, 2.45) is 0 Å². The summed E-state index contributed by atoms with van der Waals surface area (Å²) in [5.74, 6) is 1.35. The minimum absolute atomic E-state index is 0.00166. The molecular weight excluding hydrogens is 605 g/mol. The van der Waals surface area contributed by atoms with Crippen molar-refractivity contribution in [3.63, 3.8) is 0 Å². The van der Waals surface area contributed by atoms with Crippen LogP contribution in [0.15, 0.2) is 42.6 Å². The molecule has 1 fully saturated rings. The first-order chi connectivity index (χ1) is 20.9. The SMILES string of the molecule is COc1cc(OCc2nc(-c3ccc(C(=O)N(C)C4CCOC4)cc3)sc2C)c2sc(-c3cn4nc(C)sc4n3)nc2c1. The summed E-state index contributed by atoms with van der Waals surface area (Å²) in [7, 11) is 3.47. The van der Waals surface area contributed by atoms with E-state index < -0.39 is 0 Å². The molecule has 0 radical (unpaired) electrons. The molecule has 43 heavy (non-hydrogen) atoms. The van der Waals surface area contributed by atoms with Crippen LogP contribution in [0.25, 0.3) is 36.5 Å². The Kier molecular flexibility index (Phi) is 7.33. The topological polar surface area (TPSA) is 104 Å². The second-order valence-corrected chi connectivity index (χ2v) is 13.7. The fourth-order valence-electron chi connectivity index (χ4n) is 5.00. The first-order valence-electron chi connectivity index (χ1n) is 13.7. The van der Waals surface area contributed by atoms with Crippen molar-refractivity contribution in [3.05, 3.63) is 63.7 Å². The van der Waals surface area contributed by atoms with E-state index in [2.05, 4.69) is 5.10 Å². The number of hydrogen-bond acceptors (Lipinski definition) is 11. The number of imidazole rings is 1. The Bertz CT molecular complexity index is 1920. The van der Waals surface area contributed by atoms with Crippen molar-refractivity contribution in [1.82, 2.24) is 29.5 Å². The second-order valence-electron chi connectivity index (χ2n) is 10.3. The van der Waals surface area contributed by atoms with Crippen LogP contribution in [-0.4, -0.2) is 68.8 Å². The Hall–Kier alpha value is -3.91. The lowest BCUT2D eigenvalue weighted by molar-refractivity contribution is 0.0711. The molecule has 1 aliphatic heterocycles. The van der Waals surface area contributed by atoms with Crippen LogP contribution >= 0.6 is 34.0 Å². The van der Waals surface area contributed by atoms with E-state index in [0.29, 0.717) is 36.9 Å². The molecule has 0 saturated carbocycles. The molecule has 0 spiro atoms. The normalized spacial score (nSPS) is 15.0. The van der Waals surface area contributed by atoms with Gasteiger partial charge in [-0.15, -0.1) is 22.7 Å². The Morgan fingerprint density at radius 3 is 2.67 bits per heavy atom. The van der Waals surface area contributed by atoms with Gasteiger partial charge in [0.2, 0.25) is 4.96 Å². The second kappa shape index (κ2) is 11.3. The molecule has 7 rings (SSSR count). The van der Waals surface area contributed by atoms with Gasteiger partial charge in [0.05, 0.1) is 41.9 Å². The van der Waals surface area contributed by atoms with E-state index in [1.54, 1.807) is 39.2 Å². The van der Waals surface area contributed by atoms with Crippen molar-refractivity contribution in [3.8, 4) is 32.8 Å². The zero-order valence-electron chi connectivity index (χ0n) is 24.0. The van der Waals surface area contributed by atoms with E-state index in [4.69, 9.17) is 29.2 Å². The summed E-state index contributed by atoms with van der Waals surface area (Å²) in [5.41, 5.74) is 4.03. The zero-order valence-corrected chi connectivity index (χ0v) is 26.4. The molecule has 0 N–H and O–H groups in total. The summed E-state index contributed by atoms with van der Waals surface area (Å²) < 4.78 is 20.0. The minimum atomic E-state index is 0.00166. The molecule has 1 amide bonds. The van der Waals surface area contributed by atoms with E-state index in [-0.39, 0.29) is 11.9 Å². The van der Waals surface area contributed by atoms with Crippen LogP contribution in [0.3, 0.4) is 0 Å². The van der Waals surface area contributed by atoms with Crippen molar-refractivity contribution in [2.75, 3.05) is 27.4 Å². The summed E-state index contributed by atoms with van der Waals surface area (Å²) in [4.78, 5) is 31.1. The average molecular weight is 633 g/mol. The van der Waals surface area contributed by atoms with Crippen molar-refractivity contribution in [1.29, 1.82) is 0 Å². The van der Waals surface area contributed by atoms with Gasteiger partial charge in [0.15, 0.2) is 0 Å². The fraction of sp³-hybridized carbons (Fsp3) is 0.300. The molecule has 1 saturated heterocycles. The van der Waals surface area contributed by atoms with Crippen molar-refractivity contribution < 1.29 is 19.0 Å². The maximum Gasteiger partial charge on any atom is 0.253 e. The molecule has 1 unspecified atom stereocenters. The number of nitrogens with zero attached hydrogens (tertiary/aromatic N) is 6. The predicted octanol–water partition coefficient (Wildman–Crippen LogP) is 6.26. The molecule has 6 aromatic rings. The molecule has 4 aromatic heterocycles. The van der Waals surface area contributed by atoms with E-state index >= 15 is 0 Å². The predicted molar refractivity (Wildman–Crippen MR) is 169 cm³/mol. The minimum Gasteiger partial charge on any atom is -0.497 e. The van der Waals surface area contributed by atoms with Gasteiger partial charge in [-0.3, -0.25) is 4.79 Å². The van der Waals surface area contributed by atoms with Gasteiger partial charge < -0.3 is 19.1 Å². The van der Waals surface area contributed by atoms with E-state index in [1.165, 1.54) is 11.3 Å². The van der Waals surface area contributed by atoms with E-state index in [0.717, 1.165) is 58.4 Å². The molecule has 220 valence electrons. The van der Waals surface area contributed by atoms with Gasteiger partial charge in [-0.2, -0.15) is 5.10 Å². The molecule has 0 bridgehead atoms. The monoisotopic (exact) mass is 632 g/mol. The van der Waals surface area contributed by atoms with Gasteiger partial charge >= 0.3 is 0 Å². The molecule has 13 heteroatoms. The molecule has 2 aromatic carbocycles. The summed E-state index contributed by atoms with van der Waals surface area (Å²) in [5, 5.41) is 7.10. The molecule has 0 aliphatic carbocycles. The van der Waals surface area contributed by atoms with Gasteiger partial charge in [0.1, 0.15) is 38.8 Å². The lowest BCUT2D eigenvalue weighted by Gasteiger charge is -2.23. The largest absolute Gasteiger partial charge is 0.497 e. The van der Waals surface area contributed by atoms with Gasteiger partial charge in [-0.1, -0.05) is 23.5 Å². The number of ether oxygens (including phenoxy) is 3. The molecular formula is C30H28N6O4S3. The number of carbonyl (C=O) groups is 1.